The second kappa shape index (κ2) is 9.73. The van der Waals surface area contributed by atoms with Crippen LogP contribution in [0, 0.1) is 0 Å². The van der Waals surface area contributed by atoms with Gasteiger partial charge in [0.1, 0.15) is 6.04 Å². The normalized spacial score (nSPS) is 11.6. The number of urea groups is 1. The fourth-order valence-electron chi connectivity index (χ4n) is 1.46. The monoisotopic (exact) mass is 301 g/mol. The predicted molar refractivity (Wildman–Crippen MR) is 75.5 cm³/mol. The Hall–Kier alpha value is -2.12. The summed E-state index contributed by atoms with van der Waals surface area (Å²) in [6.07, 6.45) is 0.811. The molecule has 1 unspecified atom stereocenters. The van der Waals surface area contributed by atoms with Gasteiger partial charge in [0.2, 0.25) is 11.8 Å². The van der Waals surface area contributed by atoms with Crippen molar-refractivity contribution in [3.63, 3.8) is 0 Å². The maximum atomic E-state index is 11.6. The van der Waals surface area contributed by atoms with Gasteiger partial charge in [0.25, 0.3) is 0 Å². The molecular formula is C13H23N3O5. The topological polar surface area (TPSA) is 125 Å². The Labute approximate surface area is 123 Å². The lowest BCUT2D eigenvalue weighted by Gasteiger charge is -2.16. The van der Waals surface area contributed by atoms with Gasteiger partial charge in [-0.05, 0) is 33.6 Å². The number of imide groups is 1. The number of carboxylic acids is 1. The van der Waals surface area contributed by atoms with Crippen molar-refractivity contribution in [2.45, 2.75) is 58.5 Å². The molecule has 0 aliphatic heterocycles. The third-order valence-electron chi connectivity index (χ3n) is 2.47. The average Bonchev–Trinajstić information content (AvgIpc) is 2.33. The third-order valence-corrected chi connectivity index (χ3v) is 2.47. The highest BCUT2D eigenvalue weighted by atomic mass is 16.4. The Kier molecular flexibility index (Phi) is 8.75. The van der Waals surface area contributed by atoms with E-state index in [-0.39, 0.29) is 24.8 Å². The number of nitrogens with one attached hydrogen (secondary N) is 3. The lowest BCUT2D eigenvalue weighted by atomic mass is 10.2. The highest BCUT2D eigenvalue weighted by Crippen LogP contribution is 1.99. The maximum absolute atomic E-state index is 11.6. The summed E-state index contributed by atoms with van der Waals surface area (Å²) in [6, 6.07) is -1.54. The van der Waals surface area contributed by atoms with Gasteiger partial charge < -0.3 is 15.7 Å². The molecule has 0 saturated heterocycles. The van der Waals surface area contributed by atoms with Crippen LogP contribution in [0.15, 0.2) is 0 Å². The maximum Gasteiger partial charge on any atom is 0.322 e. The van der Waals surface area contributed by atoms with Gasteiger partial charge in [-0.3, -0.25) is 19.7 Å². The lowest BCUT2D eigenvalue weighted by molar-refractivity contribution is -0.137. The number of hydrogen-bond donors (Lipinski definition) is 4. The third kappa shape index (κ3) is 10.3. The molecular weight excluding hydrogens is 278 g/mol. The van der Waals surface area contributed by atoms with Crippen LogP contribution in [0.1, 0.15) is 46.5 Å². The first-order chi connectivity index (χ1) is 9.72. The van der Waals surface area contributed by atoms with Gasteiger partial charge in [0.05, 0.1) is 0 Å². The van der Waals surface area contributed by atoms with Crippen LogP contribution in [0.2, 0.25) is 0 Å². The largest absolute Gasteiger partial charge is 0.481 e. The number of rotatable bonds is 8. The standard InChI is InChI=1S/C13H23N3O5/c1-8(2)14-12(20)9(3)15-13(21)16-10(17)6-4-5-7-11(18)19/h8-9H,4-7H2,1-3H3,(H,14,20)(H,18,19)(H2,15,16,17,21). The van der Waals surface area contributed by atoms with E-state index in [2.05, 4.69) is 16.0 Å². The second-order valence-electron chi connectivity index (χ2n) is 5.01. The van der Waals surface area contributed by atoms with Crippen molar-refractivity contribution in [3.8, 4) is 0 Å². The Morgan fingerprint density at radius 1 is 0.952 bits per heavy atom. The molecule has 0 heterocycles. The summed E-state index contributed by atoms with van der Waals surface area (Å²) in [5.74, 6) is -1.76. The quantitative estimate of drug-likeness (QED) is 0.482. The molecule has 0 bridgehead atoms. The van der Waals surface area contributed by atoms with Crippen LogP contribution in [0.3, 0.4) is 0 Å². The molecule has 0 aliphatic rings. The van der Waals surface area contributed by atoms with Crippen LogP contribution in [0.4, 0.5) is 4.79 Å². The van der Waals surface area contributed by atoms with E-state index >= 15 is 0 Å². The van der Waals surface area contributed by atoms with E-state index in [0.29, 0.717) is 12.8 Å². The van der Waals surface area contributed by atoms with Gasteiger partial charge in [-0.25, -0.2) is 4.79 Å². The van der Waals surface area contributed by atoms with E-state index in [0.717, 1.165) is 0 Å². The van der Waals surface area contributed by atoms with E-state index in [9.17, 15) is 19.2 Å². The molecule has 0 aromatic rings. The molecule has 0 aromatic heterocycles. The van der Waals surface area contributed by atoms with Gasteiger partial charge in [-0.15, -0.1) is 0 Å². The molecule has 0 saturated carbocycles. The van der Waals surface area contributed by atoms with Crippen molar-refractivity contribution in [2.24, 2.45) is 0 Å². The molecule has 0 fully saturated rings. The average molecular weight is 301 g/mol. The van der Waals surface area contributed by atoms with E-state index in [1.54, 1.807) is 13.8 Å². The summed E-state index contributed by atoms with van der Waals surface area (Å²) in [5, 5.41) is 15.5. The van der Waals surface area contributed by atoms with Crippen molar-refractivity contribution < 1.29 is 24.3 Å². The van der Waals surface area contributed by atoms with Crippen LogP contribution in [-0.4, -0.2) is 41.0 Å². The molecule has 0 spiro atoms. The van der Waals surface area contributed by atoms with Crippen molar-refractivity contribution in [1.29, 1.82) is 0 Å². The van der Waals surface area contributed by atoms with Crippen LogP contribution in [0.25, 0.3) is 0 Å². The molecule has 1 atom stereocenters. The summed E-state index contributed by atoms with van der Waals surface area (Å²) in [5.41, 5.74) is 0. The molecule has 4 amide bonds. The van der Waals surface area contributed by atoms with Crippen molar-refractivity contribution >= 4 is 23.8 Å². The number of carboxylic acid groups (broad SMARTS) is 1. The second-order valence-corrected chi connectivity index (χ2v) is 5.01. The van der Waals surface area contributed by atoms with Crippen LogP contribution in [-0.2, 0) is 14.4 Å². The zero-order valence-corrected chi connectivity index (χ0v) is 12.6. The van der Waals surface area contributed by atoms with Gasteiger partial charge >= 0.3 is 12.0 Å². The molecule has 0 rings (SSSR count). The molecule has 0 aliphatic carbocycles. The molecule has 0 aromatic carbocycles. The zero-order chi connectivity index (χ0) is 16.4. The SMILES string of the molecule is CC(C)NC(=O)C(C)NC(=O)NC(=O)CCCCC(=O)O. The first kappa shape index (κ1) is 18.9. The van der Waals surface area contributed by atoms with Crippen LogP contribution < -0.4 is 16.0 Å². The molecule has 4 N–H and O–H groups in total. The number of hydrogen-bond acceptors (Lipinski definition) is 4. The lowest BCUT2D eigenvalue weighted by Crippen LogP contribution is -2.50. The van der Waals surface area contributed by atoms with Crippen molar-refractivity contribution in [3.05, 3.63) is 0 Å². The number of aliphatic carboxylic acids is 1. The Bertz CT molecular complexity index is 395. The summed E-state index contributed by atoms with van der Waals surface area (Å²) < 4.78 is 0. The van der Waals surface area contributed by atoms with E-state index < -0.39 is 23.9 Å². The first-order valence-corrected chi connectivity index (χ1v) is 6.85. The van der Waals surface area contributed by atoms with Crippen molar-refractivity contribution in [2.75, 3.05) is 0 Å². The molecule has 21 heavy (non-hydrogen) atoms. The Morgan fingerprint density at radius 2 is 1.52 bits per heavy atom. The van der Waals surface area contributed by atoms with Gasteiger partial charge in [-0.2, -0.15) is 0 Å². The molecule has 8 nitrogen and oxygen atoms in total. The molecule has 120 valence electrons. The fraction of sp³-hybridized carbons (Fsp3) is 0.692. The number of carbonyl (C=O) groups excluding carboxylic acids is 3. The minimum Gasteiger partial charge on any atom is -0.481 e. The van der Waals surface area contributed by atoms with Gasteiger partial charge in [0, 0.05) is 18.9 Å². The Morgan fingerprint density at radius 3 is 2.05 bits per heavy atom. The van der Waals surface area contributed by atoms with Crippen molar-refractivity contribution in [1.82, 2.24) is 16.0 Å². The minimum atomic E-state index is -0.918. The predicted octanol–water partition coefficient (Wildman–Crippen LogP) is 0.370. The first-order valence-electron chi connectivity index (χ1n) is 6.85. The smallest absolute Gasteiger partial charge is 0.322 e. The molecule has 8 heteroatoms. The zero-order valence-electron chi connectivity index (χ0n) is 12.6. The van der Waals surface area contributed by atoms with Crippen LogP contribution in [0.5, 0.6) is 0 Å². The van der Waals surface area contributed by atoms with E-state index in [4.69, 9.17) is 5.11 Å². The Balaban J connectivity index is 3.94. The minimum absolute atomic E-state index is 0.00805. The number of amides is 4. The van der Waals surface area contributed by atoms with E-state index in [1.165, 1.54) is 6.92 Å². The highest BCUT2D eigenvalue weighted by molar-refractivity contribution is 5.96. The van der Waals surface area contributed by atoms with Gasteiger partial charge in [-0.1, -0.05) is 0 Å². The number of unbranched alkanes of at least 4 members (excludes halogenated alkanes) is 1. The number of carbonyl (C=O) groups is 4. The van der Waals surface area contributed by atoms with Crippen LogP contribution >= 0.6 is 0 Å². The summed E-state index contributed by atoms with van der Waals surface area (Å²) >= 11 is 0. The van der Waals surface area contributed by atoms with Gasteiger partial charge in [0.15, 0.2) is 0 Å². The molecule has 0 radical (unpaired) electrons. The summed E-state index contributed by atoms with van der Waals surface area (Å²) in [6.45, 7) is 5.10. The highest BCUT2D eigenvalue weighted by Gasteiger charge is 2.17. The fourth-order valence-corrected chi connectivity index (χ4v) is 1.46. The summed E-state index contributed by atoms with van der Waals surface area (Å²) in [7, 11) is 0. The summed E-state index contributed by atoms with van der Waals surface area (Å²) in [4.78, 5) is 44.7. The van der Waals surface area contributed by atoms with E-state index in [1.807, 2.05) is 0 Å².